The van der Waals surface area contributed by atoms with E-state index in [-0.39, 0.29) is 34.9 Å². The molecule has 4 aromatic rings. The second kappa shape index (κ2) is 10.5. The first-order valence-corrected chi connectivity index (χ1v) is 12.4. The van der Waals surface area contributed by atoms with Crippen LogP contribution in [0.15, 0.2) is 47.7 Å². The van der Waals surface area contributed by atoms with Gasteiger partial charge < -0.3 is 9.84 Å². The summed E-state index contributed by atoms with van der Waals surface area (Å²) in [4.78, 5) is 41.5. The Labute approximate surface area is 226 Å². The number of ether oxygens (including phenoxy) is 1. The third-order valence-electron chi connectivity index (χ3n) is 6.65. The summed E-state index contributed by atoms with van der Waals surface area (Å²) in [6.45, 7) is 3.14. The van der Waals surface area contributed by atoms with Crippen LogP contribution in [-0.4, -0.2) is 35.6 Å². The molecule has 0 aromatic carbocycles. The number of halogens is 3. The largest absolute Gasteiger partial charge is 0.485 e. The molecule has 0 unspecified atom stereocenters. The highest BCUT2D eigenvalue weighted by Crippen LogP contribution is 2.40. The minimum Gasteiger partial charge on any atom is -0.485 e. The van der Waals surface area contributed by atoms with Gasteiger partial charge in [0.1, 0.15) is 34.7 Å². The van der Waals surface area contributed by atoms with E-state index in [0.29, 0.717) is 53.1 Å². The van der Waals surface area contributed by atoms with Gasteiger partial charge in [0.2, 0.25) is 0 Å². The van der Waals surface area contributed by atoms with Gasteiger partial charge in [-0.3, -0.25) is 24.1 Å². The molecule has 0 amide bonds. The summed E-state index contributed by atoms with van der Waals surface area (Å²) in [6, 6.07) is 5.65. The predicted octanol–water partition coefficient (Wildman–Crippen LogP) is 4.79. The lowest BCUT2D eigenvalue weighted by Crippen LogP contribution is -2.29. The number of hydrogen-bond donors (Lipinski definition) is 1. The maximum atomic E-state index is 13.9. The first-order valence-electron chi connectivity index (χ1n) is 12.0. The molecule has 0 aliphatic heterocycles. The summed E-state index contributed by atoms with van der Waals surface area (Å²) in [6.07, 6.45) is 5.05. The van der Waals surface area contributed by atoms with Crippen LogP contribution >= 0.6 is 11.6 Å². The van der Waals surface area contributed by atoms with Crippen molar-refractivity contribution >= 4 is 17.6 Å². The molecule has 5 rings (SSSR count). The lowest BCUT2D eigenvalue weighted by molar-refractivity contribution is -0.145. The second-order valence-corrected chi connectivity index (χ2v) is 9.71. The first kappa shape index (κ1) is 26.4. The van der Waals surface area contributed by atoms with Gasteiger partial charge in [-0.1, -0.05) is 11.6 Å². The molecule has 200 valence electrons. The van der Waals surface area contributed by atoms with Gasteiger partial charge in [0.05, 0.1) is 29.2 Å². The molecule has 1 saturated carbocycles. The summed E-state index contributed by atoms with van der Waals surface area (Å²) in [5.74, 6) is -2.33. The quantitative estimate of drug-likeness (QED) is 0.347. The Bertz CT molecular complexity index is 1660. The minimum atomic E-state index is -0.872. The van der Waals surface area contributed by atoms with E-state index in [1.807, 2.05) is 0 Å². The van der Waals surface area contributed by atoms with Crippen LogP contribution in [0.3, 0.4) is 0 Å². The maximum Gasteiger partial charge on any atom is 0.306 e. The third kappa shape index (κ3) is 5.22. The van der Waals surface area contributed by atoms with Crippen LogP contribution < -0.4 is 10.3 Å². The van der Waals surface area contributed by atoms with Gasteiger partial charge in [-0.05, 0) is 44.4 Å². The Balaban J connectivity index is 1.44. The summed E-state index contributed by atoms with van der Waals surface area (Å²) in [5, 5.41) is 8.93. The molecule has 12 heteroatoms. The summed E-state index contributed by atoms with van der Waals surface area (Å²) in [5.41, 5.74) is 2.05. The smallest absolute Gasteiger partial charge is 0.306 e. The van der Waals surface area contributed by atoms with Gasteiger partial charge in [0.25, 0.3) is 5.56 Å². The number of rotatable bonds is 7. The number of carboxylic acids is 1. The lowest BCUT2D eigenvalue weighted by atomic mass is 9.74. The summed E-state index contributed by atoms with van der Waals surface area (Å²) >= 11 is 6.36. The Hall–Kier alpha value is -4.25. The zero-order valence-corrected chi connectivity index (χ0v) is 21.6. The number of carboxylic acid groups (broad SMARTS) is 1. The van der Waals surface area contributed by atoms with Gasteiger partial charge in [-0.2, -0.15) is 0 Å². The molecule has 1 aliphatic carbocycles. The standard InChI is InChI=1S/C27H22ClF2N5O4/c1-13-10-32-20(19-3-4-31-25(34-19)15-6-16(7-15)27(37)38)9-22(13)35-14(2)5-23(24(28)26(35)36)39-12-21-18(30)8-17(29)11-33-21/h3-5,8-11,15-16H,6-7,12H2,1-2H3,(H,37,38). The predicted molar refractivity (Wildman–Crippen MR) is 137 cm³/mol. The highest BCUT2D eigenvalue weighted by molar-refractivity contribution is 6.31. The molecule has 0 bridgehead atoms. The number of aryl methyl sites for hydroxylation is 2. The Kier molecular flexibility index (Phi) is 7.09. The van der Waals surface area contributed by atoms with Gasteiger partial charge in [-0.15, -0.1) is 0 Å². The van der Waals surface area contributed by atoms with Crippen LogP contribution in [0.25, 0.3) is 17.1 Å². The monoisotopic (exact) mass is 553 g/mol. The molecular weight excluding hydrogens is 532 g/mol. The normalized spacial score (nSPS) is 16.5. The van der Waals surface area contributed by atoms with E-state index < -0.39 is 23.2 Å². The fraction of sp³-hybridized carbons (Fsp3) is 0.259. The molecule has 0 saturated heterocycles. The molecule has 4 heterocycles. The van der Waals surface area contributed by atoms with Crippen molar-refractivity contribution in [1.29, 1.82) is 0 Å². The van der Waals surface area contributed by atoms with Gasteiger partial charge >= 0.3 is 5.97 Å². The molecule has 0 atom stereocenters. The molecular formula is C27H22ClF2N5O4. The SMILES string of the molecule is Cc1cnc(-c2ccnc(C3CC(C(=O)O)C3)n2)cc1-n1c(C)cc(OCc2ncc(F)cc2F)c(Cl)c1=O. The van der Waals surface area contributed by atoms with Crippen molar-refractivity contribution in [2.45, 2.75) is 39.2 Å². The van der Waals surface area contributed by atoms with E-state index in [2.05, 4.69) is 19.9 Å². The molecule has 4 aromatic heterocycles. The van der Waals surface area contributed by atoms with Crippen molar-refractivity contribution in [3.05, 3.63) is 92.6 Å². The summed E-state index contributed by atoms with van der Waals surface area (Å²) in [7, 11) is 0. The van der Waals surface area contributed by atoms with Gasteiger partial charge in [0.15, 0.2) is 5.82 Å². The average Bonchev–Trinajstić information content (AvgIpc) is 2.86. The molecule has 0 spiro atoms. The van der Waals surface area contributed by atoms with Crippen LogP contribution in [0.5, 0.6) is 5.75 Å². The van der Waals surface area contributed by atoms with E-state index in [4.69, 9.17) is 21.4 Å². The molecule has 1 N–H and O–H groups in total. The number of aromatic nitrogens is 5. The molecule has 0 radical (unpaired) electrons. The van der Waals surface area contributed by atoms with Crippen molar-refractivity contribution in [3.63, 3.8) is 0 Å². The van der Waals surface area contributed by atoms with Crippen LogP contribution in [0, 0.1) is 31.4 Å². The fourth-order valence-corrected chi connectivity index (χ4v) is 4.61. The lowest BCUT2D eigenvalue weighted by Gasteiger charge is -2.30. The fourth-order valence-electron chi connectivity index (χ4n) is 4.42. The number of aliphatic carboxylic acids is 1. The van der Waals surface area contributed by atoms with E-state index in [1.54, 1.807) is 44.4 Å². The average molecular weight is 554 g/mol. The third-order valence-corrected chi connectivity index (χ3v) is 7.00. The Morgan fingerprint density at radius 2 is 1.90 bits per heavy atom. The van der Waals surface area contributed by atoms with Crippen molar-refractivity contribution in [3.8, 4) is 22.8 Å². The van der Waals surface area contributed by atoms with Crippen LogP contribution in [0.1, 0.15) is 41.5 Å². The topological polar surface area (TPSA) is 120 Å². The molecule has 9 nitrogen and oxygen atoms in total. The zero-order valence-electron chi connectivity index (χ0n) is 20.9. The van der Waals surface area contributed by atoms with E-state index in [1.165, 1.54) is 4.57 Å². The van der Waals surface area contributed by atoms with Crippen LogP contribution in [0.4, 0.5) is 8.78 Å². The molecule has 39 heavy (non-hydrogen) atoms. The van der Waals surface area contributed by atoms with Crippen LogP contribution in [0.2, 0.25) is 5.02 Å². The Morgan fingerprint density at radius 3 is 2.62 bits per heavy atom. The number of hydrogen-bond acceptors (Lipinski definition) is 7. The minimum absolute atomic E-state index is 0.0356. The van der Waals surface area contributed by atoms with Gasteiger partial charge in [-0.25, -0.2) is 18.7 Å². The number of nitrogens with zero attached hydrogens (tertiary/aromatic N) is 5. The van der Waals surface area contributed by atoms with E-state index in [0.717, 1.165) is 6.20 Å². The van der Waals surface area contributed by atoms with Crippen LogP contribution in [-0.2, 0) is 11.4 Å². The van der Waals surface area contributed by atoms with Crippen molar-refractivity contribution in [2.24, 2.45) is 5.92 Å². The van der Waals surface area contributed by atoms with Crippen molar-refractivity contribution in [1.82, 2.24) is 24.5 Å². The molecule has 1 fully saturated rings. The van der Waals surface area contributed by atoms with Gasteiger partial charge in [0, 0.05) is 36.1 Å². The van der Waals surface area contributed by atoms with Crippen molar-refractivity contribution < 1.29 is 23.4 Å². The number of pyridine rings is 3. The Morgan fingerprint density at radius 1 is 1.13 bits per heavy atom. The molecule has 1 aliphatic rings. The maximum absolute atomic E-state index is 13.9. The zero-order chi connectivity index (χ0) is 27.8. The van der Waals surface area contributed by atoms with Crippen molar-refractivity contribution in [2.75, 3.05) is 0 Å². The highest BCUT2D eigenvalue weighted by atomic mass is 35.5. The second-order valence-electron chi connectivity index (χ2n) is 9.33. The first-order chi connectivity index (χ1) is 18.6. The highest BCUT2D eigenvalue weighted by Gasteiger charge is 2.37. The van der Waals surface area contributed by atoms with E-state index >= 15 is 0 Å². The van der Waals surface area contributed by atoms with E-state index in [9.17, 15) is 18.4 Å². The number of carbonyl (C=O) groups is 1. The summed E-state index contributed by atoms with van der Waals surface area (Å²) < 4.78 is 34.0.